The lowest BCUT2D eigenvalue weighted by Gasteiger charge is -2.10. The second-order valence-corrected chi connectivity index (χ2v) is 7.47. The molecule has 2 aromatic carbocycles. The Morgan fingerprint density at radius 1 is 1.13 bits per heavy atom. The van der Waals surface area contributed by atoms with Gasteiger partial charge in [0.05, 0.1) is 17.6 Å². The van der Waals surface area contributed by atoms with E-state index in [2.05, 4.69) is 0 Å². The summed E-state index contributed by atoms with van der Waals surface area (Å²) in [5.41, 5.74) is 5.84. The topological polar surface area (TPSA) is 116 Å². The number of halogens is 1. The predicted molar refractivity (Wildman–Crippen MR) is 111 cm³/mol. The molecule has 0 unspecified atom stereocenters. The zero-order valence-corrected chi connectivity index (χ0v) is 17.2. The summed E-state index contributed by atoms with van der Waals surface area (Å²) in [4.78, 5) is 48.6. The van der Waals surface area contributed by atoms with Crippen LogP contribution in [0, 0.1) is 0 Å². The fourth-order valence-corrected chi connectivity index (χ4v) is 3.52. The van der Waals surface area contributed by atoms with Gasteiger partial charge >= 0.3 is 5.97 Å². The summed E-state index contributed by atoms with van der Waals surface area (Å²) < 4.78 is 10.6. The van der Waals surface area contributed by atoms with E-state index in [0.29, 0.717) is 33.7 Å². The molecule has 0 bridgehead atoms. The highest BCUT2D eigenvalue weighted by molar-refractivity contribution is 8.18. The van der Waals surface area contributed by atoms with Crippen LogP contribution in [0.25, 0.3) is 6.08 Å². The van der Waals surface area contributed by atoms with Gasteiger partial charge in [0.1, 0.15) is 6.54 Å². The van der Waals surface area contributed by atoms with Gasteiger partial charge in [-0.1, -0.05) is 17.7 Å². The number of hydrogen-bond acceptors (Lipinski definition) is 7. The first-order valence-corrected chi connectivity index (χ1v) is 9.67. The van der Waals surface area contributed by atoms with Gasteiger partial charge in [-0.3, -0.25) is 19.3 Å². The van der Waals surface area contributed by atoms with Crippen molar-refractivity contribution < 1.29 is 28.7 Å². The lowest BCUT2D eigenvalue weighted by Crippen LogP contribution is -2.36. The minimum Gasteiger partial charge on any atom is -0.493 e. The highest BCUT2D eigenvalue weighted by atomic mass is 35.5. The maximum absolute atomic E-state index is 12.4. The van der Waals surface area contributed by atoms with Crippen LogP contribution >= 0.6 is 23.4 Å². The SMILES string of the molecule is COc1ccc(/C=C2\SC(=O)N(CC(N)=O)C2=O)cc1OC(=O)c1ccc(Cl)cc1. The van der Waals surface area contributed by atoms with Crippen molar-refractivity contribution in [1.29, 1.82) is 0 Å². The van der Waals surface area contributed by atoms with Gasteiger partial charge < -0.3 is 15.2 Å². The molecule has 1 saturated heterocycles. The zero-order valence-electron chi connectivity index (χ0n) is 15.6. The van der Waals surface area contributed by atoms with Crippen LogP contribution in [0.3, 0.4) is 0 Å². The van der Waals surface area contributed by atoms with Gasteiger partial charge in [0.15, 0.2) is 11.5 Å². The molecule has 3 rings (SSSR count). The Kier molecular flexibility index (Phi) is 6.43. The van der Waals surface area contributed by atoms with Crippen LogP contribution in [0.4, 0.5) is 4.79 Å². The second-order valence-electron chi connectivity index (χ2n) is 6.04. The number of imide groups is 1. The van der Waals surface area contributed by atoms with Crippen molar-refractivity contribution in [2.24, 2.45) is 5.73 Å². The van der Waals surface area contributed by atoms with Gasteiger partial charge in [0, 0.05) is 5.02 Å². The van der Waals surface area contributed by atoms with Gasteiger partial charge in [-0.2, -0.15) is 0 Å². The molecule has 0 radical (unpaired) electrons. The highest BCUT2D eigenvalue weighted by Crippen LogP contribution is 2.34. The van der Waals surface area contributed by atoms with E-state index in [1.165, 1.54) is 31.4 Å². The van der Waals surface area contributed by atoms with Crippen LogP contribution < -0.4 is 15.2 Å². The van der Waals surface area contributed by atoms with Crippen molar-refractivity contribution >= 4 is 52.5 Å². The Labute approximate surface area is 180 Å². The molecule has 30 heavy (non-hydrogen) atoms. The fourth-order valence-electron chi connectivity index (χ4n) is 2.55. The Morgan fingerprint density at radius 3 is 2.47 bits per heavy atom. The molecule has 2 aromatic rings. The number of benzene rings is 2. The molecule has 1 fully saturated rings. The van der Waals surface area contributed by atoms with Crippen LogP contribution in [0.1, 0.15) is 15.9 Å². The number of esters is 1. The average molecular weight is 447 g/mol. The van der Waals surface area contributed by atoms with Gasteiger partial charge in [-0.25, -0.2) is 4.79 Å². The molecule has 10 heteroatoms. The molecule has 1 aliphatic heterocycles. The average Bonchev–Trinajstić information content (AvgIpc) is 2.95. The number of methoxy groups -OCH3 is 1. The van der Waals surface area contributed by atoms with Gasteiger partial charge in [0.2, 0.25) is 5.91 Å². The third kappa shape index (κ3) is 4.81. The lowest BCUT2D eigenvalue weighted by molar-refractivity contribution is -0.127. The number of carbonyl (C=O) groups is 4. The number of nitrogens with two attached hydrogens (primary N) is 1. The van der Waals surface area contributed by atoms with Crippen LogP contribution in [0.5, 0.6) is 11.5 Å². The Hall–Kier alpha value is -3.30. The van der Waals surface area contributed by atoms with E-state index in [-0.39, 0.29) is 10.7 Å². The second kappa shape index (κ2) is 9.02. The van der Waals surface area contributed by atoms with E-state index < -0.39 is 29.6 Å². The van der Waals surface area contributed by atoms with Crippen molar-refractivity contribution in [3.8, 4) is 11.5 Å². The van der Waals surface area contributed by atoms with E-state index in [1.54, 1.807) is 24.3 Å². The Bertz CT molecular complexity index is 1070. The van der Waals surface area contributed by atoms with Crippen LogP contribution in [-0.2, 0) is 9.59 Å². The number of ether oxygens (including phenoxy) is 2. The van der Waals surface area contributed by atoms with E-state index in [1.807, 2.05) is 0 Å². The molecular weight excluding hydrogens is 432 g/mol. The number of carbonyl (C=O) groups excluding carboxylic acids is 4. The molecule has 154 valence electrons. The third-order valence-electron chi connectivity index (χ3n) is 3.96. The highest BCUT2D eigenvalue weighted by Gasteiger charge is 2.35. The minimum absolute atomic E-state index is 0.112. The third-order valence-corrected chi connectivity index (χ3v) is 5.11. The standard InChI is InChI=1S/C20H15ClN2O6S/c1-28-14-7-2-11(9-16-18(25)23(10-17(22)24)20(27)30-16)8-15(14)29-19(26)12-3-5-13(21)6-4-12/h2-9H,10H2,1H3,(H2,22,24)/b16-9-. The number of primary amides is 1. The Morgan fingerprint density at radius 2 is 1.83 bits per heavy atom. The number of hydrogen-bond donors (Lipinski definition) is 1. The van der Waals surface area contributed by atoms with Crippen LogP contribution in [-0.4, -0.2) is 41.6 Å². The predicted octanol–water partition coefficient (Wildman–Crippen LogP) is 3.09. The molecule has 0 spiro atoms. The Balaban J connectivity index is 1.85. The first kappa shape index (κ1) is 21.4. The van der Waals surface area contributed by atoms with Crippen molar-refractivity contribution in [2.75, 3.05) is 13.7 Å². The summed E-state index contributed by atoms with van der Waals surface area (Å²) in [5.74, 6) is -1.61. The summed E-state index contributed by atoms with van der Waals surface area (Å²) in [6.45, 7) is -0.491. The molecule has 2 N–H and O–H groups in total. The molecule has 1 aliphatic rings. The monoisotopic (exact) mass is 446 g/mol. The molecule has 1 heterocycles. The summed E-state index contributed by atoms with van der Waals surface area (Å²) in [7, 11) is 1.42. The van der Waals surface area contributed by atoms with Gasteiger partial charge in [-0.05, 0) is 59.8 Å². The van der Waals surface area contributed by atoms with Crippen LogP contribution in [0.15, 0.2) is 47.4 Å². The molecule has 3 amide bonds. The zero-order chi connectivity index (χ0) is 21.8. The van der Waals surface area contributed by atoms with E-state index in [4.69, 9.17) is 26.8 Å². The summed E-state index contributed by atoms with van der Waals surface area (Å²) in [6, 6.07) is 10.9. The number of amides is 3. The van der Waals surface area contributed by atoms with Gasteiger partial charge in [-0.15, -0.1) is 0 Å². The lowest BCUT2D eigenvalue weighted by atomic mass is 10.1. The van der Waals surface area contributed by atoms with Crippen molar-refractivity contribution in [1.82, 2.24) is 4.90 Å². The van der Waals surface area contributed by atoms with Crippen LogP contribution in [0.2, 0.25) is 5.02 Å². The number of thioether (sulfide) groups is 1. The maximum atomic E-state index is 12.4. The minimum atomic E-state index is -0.792. The molecular formula is C20H15ClN2O6S. The van der Waals surface area contributed by atoms with E-state index in [0.717, 1.165) is 4.90 Å². The summed E-state index contributed by atoms with van der Waals surface area (Å²) in [6.07, 6.45) is 1.45. The summed E-state index contributed by atoms with van der Waals surface area (Å²) >= 11 is 6.51. The molecule has 0 aromatic heterocycles. The molecule has 0 aliphatic carbocycles. The van der Waals surface area contributed by atoms with Crippen molar-refractivity contribution in [3.05, 3.63) is 63.5 Å². The van der Waals surface area contributed by atoms with E-state index in [9.17, 15) is 19.2 Å². The largest absolute Gasteiger partial charge is 0.493 e. The molecule has 0 saturated carbocycles. The van der Waals surface area contributed by atoms with Crippen molar-refractivity contribution in [3.63, 3.8) is 0 Å². The summed E-state index contributed by atoms with van der Waals surface area (Å²) in [5, 5.41) is -0.107. The maximum Gasteiger partial charge on any atom is 0.343 e. The van der Waals surface area contributed by atoms with E-state index >= 15 is 0 Å². The fraction of sp³-hybridized carbons (Fsp3) is 0.100. The molecule has 0 atom stereocenters. The normalized spacial score (nSPS) is 14.9. The quantitative estimate of drug-likeness (QED) is 0.411. The first-order chi connectivity index (χ1) is 14.3. The number of nitrogens with zero attached hydrogens (tertiary/aromatic N) is 1. The number of rotatable bonds is 6. The first-order valence-electron chi connectivity index (χ1n) is 8.48. The smallest absolute Gasteiger partial charge is 0.343 e. The van der Waals surface area contributed by atoms with Crippen molar-refractivity contribution in [2.45, 2.75) is 0 Å². The van der Waals surface area contributed by atoms with Gasteiger partial charge in [0.25, 0.3) is 11.1 Å². The molecule has 8 nitrogen and oxygen atoms in total.